The second-order valence-corrected chi connectivity index (χ2v) is 7.18. The van der Waals surface area contributed by atoms with Crippen molar-refractivity contribution in [2.24, 2.45) is 5.84 Å². The highest BCUT2D eigenvalue weighted by molar-refractivity contribution is 7.16. The molecule has 1 aliphatic rings. The van der Waals surface area contributed by atoms with Gasteiger partial charge in [-0.3, -0.25) is 10.2 Å². The Kier molecular flexibility index (Phi) is 12.7. The number of carbonyl (C=O) groups excluding carboxylic acids is 1. The highest BCUT2D eigenvalue weighted by Gasteiger charge is 2.12. The number of hydrogen-bond donors (Lipinski definition) is 3. The van der Waals surface area contributed by atoms with Gasteiger partial charge in [-0.15, -0.1) is 48.6 Å². The fourth-order valence-electron chi connectivity index (χ4n) is 2.88. The van der Waals surface area contributed by atoms with E-state index in [1.54, 1.807) is 0 Å². The van der Waals surface area contributed by atoms with Gasteiger partial charge in [-0.1, -0.05) is 24.3 Å². The van der Waals surface area contributed by atoms with Gasteiger partial charge in [0.15, 0.2) is 0 Å². The fourth-order valence-corrected chi connectivity index (χ4v) is 3.94. The van der Waals surface area contributed by atoms with E-state index in [-0.39, 0.29) is 43.1 Å². The molecule has 4 N–H and O–H groups in total. The van der Waals surface area contributed by atoms with Crippen molar-refractivity contribution in [3.05, 3.63) is 52.4 Å². The predicted octanol–water partition coefficient (Wildman–Crippen LogP) is 2.74. The molecule has 1 aliphatic heterocycles. The zero-order valence-corrected chi connectivity index (χ0v) is 18.2. The number of anilines is 1. The molecule has 2 aromatic rings. The quantitative estimate of drug-likeness (QED) is 0.357. The van der Waals surface area contributed by atoms with E-state index in [2.05, 4.69) is 39.9 Å². The molecule has 0 aliphatic carbocycles. The largest absolute Gasteiger partial charge is 0.361 e. The van der Waals surface area contributed by atoms with Crippen molar-refractivity contribution >= 4 is 59.5 Å². The number of hydrogen-bond acceptors (Lipinski definition) is 5. The van der Waals surface area contributed by atoms with Gasteiger partial charge < -0.3 is 10.2 Å². The molecule has 0 spiro atoms. The van der Waals surface area contributed by atoms with Gasteiger partial charge in [-0.2, -0.15) is 0 Å². The molecule has 0 saturated carbocycles. The monoisotopic (exact) mass is 452 g/mol. The molecule has 27 heavy (non-hydrogen) atoms. The molecular weight excluding hydrogens is 427 g/mol. The Balaban J connectivity index is 0.00000225. The van der Waals surface area contributed by atoms with Crippen LogP contribution in [0.15, 0.2) is 36.4 Å². The van der Waals surface area contributed by atoms with Crippen LogP contribution in [-0.4, -0.2) is 32.1 Å². The van der Waals surface area contributed by atoms with E-state index in [0.717, 1.165) is 44.6 Å². The van der Waals surface area contributed by atoms with Crippen molar-refractivity contribution < 1.29 is 4.79 Å². The third-order valence-electron chi connectivity index (χ3n) is 4.28. The van der Waals surface area contributed by atoms with E-state index < -0.39 is 0 Å². The average molecular weight is 454 g/mol. The summed E-state index contributed by atoms with van der Waals surface area (Å²) in [7, 11) is 0. The fraction of sp³-hybridized carbons (Fsp3) is 0.389. The lowest BCUT2D eigenvalue weighted by Crippen LogP contribution is -2.43. The number of thiophene rings is 1. The summed E-state index contributed by atoms with van der Waals surface area (Å²) in [5.41, 5.74) is 4.44. The van der Waals surface area contributed by atoms with Crippen LogP contribution < -0.4 is 21.5 Å². The second kappa shape index (κ2) is 13.2. The lowest BCUT2D eigenvalue weighted by Gasteiger charge is -2.27. The molecule has 5 nitrogen and oxygen atoms in total. The summed E-state index contributed by atoms with van der Waals surface area (Å²) in [6.45, 7) is 4.33. The summed E-state index contributed by atoms with van der Waals surface area (Å²) in [5.74, 6) is 4.95. The van der Waals surface area contributed by atoms with Gasteiger partial charge in [0.25, 0.3) is 0 Å². The molecule has 1 aromatic carbocycles. The minimum Gasteiger partial charge on any atom is -0.361 e. The lowest BCUT2D eigenvalue weighted by atomic mass is 10.1. The molecule has 1 aromatic heterocycles. The number of hydrazine groups is 1. The van der Waals surface area contributed by atoms with Crippen LogP contribution in [0, 0.1) is 0 Å². The van der Waals surface area contributed by atoms with Crippen LogP contribution in [-0.2, 0) is 24.1 Å². The number of nitrogens with zero attached hydrogens (tertiary/aromatic N) is 1. The van der Waals surface area contributed by atoms with Crippen LogP contribution in [0.3, 0.4) is 0 Å². The molecule has 0 radical (unpaired) electrons. The Labute approximate surface area is 183 Å². The highest BCUT2D eigenvalue weighted by atomic mass is 35.5. The van der Waals surface area contributed by atoms with E-state index in [4.69, 9.17) is 5.84 Å². The Hall–Kier alpha value is -1.02. The Morgan fingerprint density at radius 3 is 2.26 bits per heavy atom. The van der Waals surface area contributed by atoms with E-state index in [1.165, 1.54) is 15.4 Å². The van der Waals surface area contributed by atoms with Crippen LogP contribution >= 0.6 is 48.6 Å². The number of nitrogens with two attached hydrogens (primary N) is 1. The van der Waals surface area contributed by atoms with Crippen molar-refractivity contribution in [1.29, 1.82) is 0 Å². The standard InChI is InChI=1S/C18H24N4OS.3ClH/c19-21-17(23)13-15-3-1-14(2-4-15)5-6-16-7-8-18(24-16)22-11-9-20-10-12-22;;;/h1-4,7-8,20H,5-6,9-13,19H2,(H,21,23);3*1H. The third-order valence-corrected chi connectivity index (χ3v) is 5.49. The van der Waals surface area contributed by atoms with Crippen LogP contribution in [0.2, 0.25) is 0 Å². The van der Waals surface area contributed by atoms with Crippen molar-refractivity contribution in [2.75, 3.05) is 31.1 Å². The van der Waals surface area contributed by atoms with Gasteiger partial charge in [-0.25, -0.2) is 5.84 Å². The molecule has 1 amide bonds. The zero-order chi connectivity index (χ0) is 16.8. The number of amides is 1. The maximum absolute atomic E-state index is 11.3. The lowest BCUT2D eigenvalue weighted by molar-refractivity contribution is -0.120. The summed E-state index contributed by atoms with van der Waals surface area (Å²) in [4.78, 5) is 15.2. The Bertz CT molecular complexity index is 676. The zero-order valence-electron chi connectivity index (χ0n) is 15.0. The Morgan fingerprint density at radius 2 is 1.63 bits per heavy atom. The minimum absolute atomic E-state index is 0. The van der Waals surface area contributed by atoms with Gasteiger partial charge in [0.1, 0.15) is 0 Å². The van der Waals surface area contributed by atoms with Crippen LogP contribution in [0.5, 0.6) is 0 Å². The van der Waals surface area contributed by atoms with E-state index in [0.29, 0.717) is 6.42 Å². The number of benzene rings is 1. The van der Waals surface area contributed by atoms with Crippen LogP contribution in [0.1, 0.15) is 16.0 Å². The number of nitrogens with one attached hydrogen (secondary N) is 2. The molecule has 0 bridgehead atoms. The maximum Gasteiger partial charge on any atom is 0.238 e. The van der Waals surface area contributed by atoms with E-state index >= 15 is 0 Å². The van der Waals surface area contributed by atoms with Gasteiger partial charge in [0.05, 0.1) is 11.4 Å². The van der Waals surface area contributed by atoms with Gasteiger partial charge in [-0.05, 0) is 36.1 Å². The molecule has 152 valence electrons. The molecule has 1 fully saturated rings. The maximum atomic E-state index is 11.3. The normalized spacial score (nSPS) is 13.0. The number of piperazine rings is 1. The Morgan fingerprint density at radius 1 is 1.00 bits per heavy atom. The van der Waals surface area contributed by atoms with E-state index in [1.807, 2.05) is 23.5 Å². The molecule has 2 heterocycles. The van der Waals surface area contributed by atoms with Gasteiger partial charge in [0.2, 0.25) is 5.91 Å². The number of carbonyl (C=O) groups is 1. The second-order valence-electron chi connectivity index (χ2n) is 6.04. The first-order valence-corrected chi connectivity index (χ1v) is 9.18. The van der Waals surface area contributed by atoms with Crippen molar-refractivity contribution in [1.82, 2.24) is 10.7 Å². The molecule has 0 unspecified atom stereocenters. The summed E-state index contributed by atoms with van der Waals surface area (Å²) in [6.07, 6.45) is 2.40. The van der Waals surface area contributed by atoms with Crippen molar-refractivity contribution in [2.45, 2.75) is 19.3 Å². The average Bonchev–Trinajstić information content (AvgIpc) is 3.11. The van der Waals surface area contributed by atoms with Gasteiger partial charge >= 0.3 is 0 Å². The predicted molar refractivity (Wildman–Crippen MR) is 121 cm³/mol. The number of halogens is 3. The van der Waals surface area contributed by atoms with Gasteiger partial charge in [0, 0.05) is 31.1 Å². The first kappa shape index (κ1) is 26.0. The molecule has 9 heteroatoms. The van der Waals surface area contributed by atoms with E-state index in [9.17, 15) is 4.79 Å². The topological polar surface area (TPSA) is 70.4 Å². The minimum atomic E-state index is -0.165. The smallest absolute Gasteiger partial charge is 0.238 e. The molecular formula is C18H27Cl3N4OS. The summed E-state index contributed by atoms with van der Waals surface area (Å²) in [5, 5.41) is 4.77. The van der Waals surface area contributed by atoms with Crippen LogP contribution in [0.25, 0.3) is 0 Å². The summed E-state index contributed by atoms with van der Waals surface area (Å²) < 4.78 is 0. The third kappa shape index (κ3) is 7.86. The summed E-state index contributed by atoms with van der Waals surface area (Å²) in [6, 6.07) is 12.7. The first-order valence-electron chi connectivity index (χ1n) is 8.36. The molecule has 1 saturated heterocycles. The summed E-state index contributed by atoms with van der Waals surface area (Å²) >= 11 is 1.90. The highest BCUT2D eigenvalue weighted by Crippen LogP contribution is 2.27. The molecule has 0 atom stereocenters. The number of rotatable bonds is 6. The SMILES string of the molecule is Cl.Cl.Cl.NNC(=O)Cc1ccc(CCc2ccc(N3CCNCC3)s2)cc1. The first-order chi connectivity index (χ1) is 11.7. The molecule has 3 rings (SSSR count). The van der Waals surface area contributed by atoms with Crippen molar-refractivity contribution in [3.8, 4) is 0 Å². The number of aryl methyl sites for hydroxylation is 2. The van der Waals surface area contributed by atoms with Crippen LogP contribution in [0.4, 0.5) is 5.00 Å². The van der Waals surface area contributed by atoms with Crippen molar-refractivity contribution in [3.63, 3.8) is 0 Å².